The van der Waals surface area contributed by atoms with Gasteiger partial charge in [-0.05, 0) is 19.9 Å². The molecule has 0 radical (unpaired) electrons. The summed E-state index contributed by atoms with van der Waals surface area (Å²) in [5.41, 5.74) is 0. The van der Waals surface area contributed by atoms with Gasteiger partial charge in [-0.15, -0.1) is 0 Å². The molecule has 0 saturated heterocycles. The van der Waals surface area contributed by atoms with E-state index in [0.717, 1.165) is 12.4 Å². The average molecular weight is 237 g/mol. The Kier molecular flexibility index (Phi) is 5.19. The molecule has 0 bridgehead atoms. The molecular weight excluding hydrogens is 218 g/mol. The van der Waals surface area contributed by atoms with Crippen LogP contribution in [-0.4, -0.2) is 42.6 Å². The van der Waals surface area contributed by atoms with E-state index in [1.54, 1.807) is 19.3 Å². The highest BCUT2D eigenvalue weighted by Crippen LogP contribution is 2.10. The molecule has 0 aromatic carbocycles. The van der Waals surface area contributed by atoms with Gasteiger partial charge in [-0.25, -0.2) is 4.98 Å². The smallest absolute Gasteiger partial charge is 0.239 e. The van der Waals surface area contributed by atoms with E-state index >= 15 is 0 Å². The molecule has 0 aliphatic carbocycles. The molecule has 1 heterocycles. The lowest BCUT2D eigenvalue weighted by Gasteiger charge is -2.21. The number of carbonyl (C=O) groups excluding carboxylic acids is 1. The number of hydrogen-bond donors (Lipinski definition) is 2. The van der Waals surface area contributed by atoms with Gasteiger partial charge in [0.05, 0.1) is 6.54 Å². The van der Waals surface area contributed by atoms with E-state index in [0.29, 0.717) is 19.0 Å². The van der Waals surface area contributed by atoms with E-state index in [-0.39, 0.29) is 5.91 Å². The Morgan fingerprint density at radius 3 is 2.82 bits per heavy atom. The van der Waals surface area contributed by atoms with Crippen LogP contribution in [-0.2, 0) is 4.79 Å². The van der Waals surface area contributed by atoms with Crippen LogP contribution < -0.4 is 15.5 Å². The number of anilines is 2. The summed E-state index contributed by atoms with van der Waals surface area (Å²) in [7, 11) is 1.76. The number of nitrogens with zero attached hydrogens (tertiary/aromatic N) is 3. The van der Waals surface area contributed by atoms with Gasteiger partial charge in [0.2, 0.25) is 11.9 Å². The summed E-state index contributed by atoms with van der Waals surface area (Å²) in [6.45, 7) is 5.56. The van der Waals surface area contributed by atoms with Gasteiger partial charge in [0, 0.05) is 26.3 Å². The Morgan fingerprint density at radius 1 is 1.47 bits per heavy atom. The number of carbonyl (C=O) groups is 1. The van der Waals surface area contributed by atoms with Crippen LogP contribution in [0.4, 0.5) is 11.8 Å². The highest BCUT2D eigenvalue weighted by atomic mass is 16.2. The third-order valence-corrected chi connectivity index (χ3v) is 2.28. The molecule has 1 aromatic rings. The maximum absolute atomic E-state index is 11.5. The molecular formula is C11H19N5O. The van der Waals surface area contributed by atoms with Crippen LogP contribution in [0.5, 0.6) is 0 Å². The first kappa shape index (κ1) is 13.2. The van der Waals surface area contributed by atoms with Crippen molar-refractivity contribution in [2.24, 2.45) is 0 Å². The predicted octanol–water partition coefficient (Wildman–Crippen LogP) is 0.481. The third kappa shape index (κ3) is 3.90. The lowest BCUT2D eigenvalue weighted by Crippen LogP contribution is -2.37. The van der Waals surface area contributed by atoms with E-state index in [2.05, 4.69) is 20.6 Å². The van der Waals surface area contributed by atoms with E-state index in [4.69, 9.17) is 0 Å². The molecule has 0 atom stereocenters. The van der Waals surface area contributed by atoms with Crippen LogP contribution in [0.2, 0.25) is 0 Å². The molecule has 6 nitrogen and oxygen atoms in total. The van der Waals surface area contributed by atoms with Gasteiger partial charge >= 0.3 is 0 Å². The number of hydrogen-bond acceptors (Lipinski definition) is 5. The van der Waals surface area contributed by atoms with Crippen molar-refractivity contribution < 1.29 is 4.79 Å². The SMILES string of the molecule is CCNC(=O)CN(CC)c1ccnc(NC)n1. The monoisotopic (exact) mass is 237 g/mol. The van der Waals surface area contributed by atoms with Gasteiger partial charge in [0.15, 0.2) is 0 Å². The van der Waals surface area contributed by atoms with Crippen molar-refractivity contribution >= 4 is 17.7 Å². The summed E-state index contributed by atoms with van der Waals surface area (Å²) in [6, 6.07) is 1.80. The zero-order valence-electron chi connectivity index (χ0n) is 10.5. The van der Waals surface area contributed by atoms with Gasteiger partial charge in [-0.3, -0.25) is 4.79 Å². The summed E-state index contributed by atoms with van der Waals surface area (Å²) < 4.78 is 0. The number of likely N-dealkylation sites (N-methyl/N-ethyl adjacent to an activating group) is 2. The number of aromatic nitrogens is 2. The van der Waals surface area contributed by atoms with Gasteiger partial charge in [-0.1, -0.05) is 0 Å². The van der Waals surface area contributed by atoms with Crippen molar-refractivity contribution in [1.29, 1.82) is 0 Å². The molecule has 6 heteroatoms. The Labute approximate surface area is 101 Å². The fourth-order valence-corrected chi connectivity index (χ4v) is 1.43. The molecule has 94 valence electrons. The van der Waals surface area contributed by atoms with Crippen LogP contribution in [0.3, 0.4) is 0 Å². The summed E-state index contributed by atoms with van der Waals surface area (Å²) >= 11 is 0. The van der Waals surface area contributed by atoms with E-state index in [9.17, 15) is 4.79 Å². The molecule has 17 heavy (non-hydrogen) atoms. The van der Waals surface area contributed by atoms with Gasteiger partial charge in [0.1, 0.15) is 5.82 Å². The fourth-order valence-electron chi connectivity index (χ4n) is 1.43. The minimum absolute atomic E-state index is 0.000954. The Bertz CT molecular complexity index is 369. The van der Waals surface area contributed by atoms with Crippen molar-refractivity contribution in [2.45, 2.75) is 13.8 Å². The maximum Gasteiger partial charge on any atom is 0.239 e. The van der Waals surface area contributed by atoms with Crippen molar-refractivity contribution in [2.75, 3.05) is 36.9 Å². The van der Waals surface area contributed by atoms with Crippen molar-refractivity contribution in [3.8, 4) is 0 Å². The fraction of sp³-hybridized carbons (Fsp3) is 0.545. The molecule has 0 aliphatic rings. The zero-order valence-corrected chi connectivity index (χ0v) is 10.5. The lowest BCUT2D eigenvalue weighted by atomic mass is 10.4. The first-order chi connectivity index (χ1) is 8.21. The topological polar surface area (TPSA) is 70.2 Å². The van der Waals surface area contributed by atoms with E-state index < -0.39 is 0 Å². The lowest BCUT2D eigenvalue weighted by molar-refractivity contribution is -0.119. The van der Waals surface area contributed by atoms with E-state index in [1.165, 1.54) is 0 Å². The molecule has 0 saturated carbocycles. The minimum Gasteiger partial charge on any atom is -0.357 e. The van der Waals surface area contributed by atoms with Crippen LogP contribution in [0.1, 0.15) is 13.8 Å². The summed E-state index contributed by atoms with van der Waals surface area (Å²) in [6.07, 6.45) is 1.68. The Morgan fingerprint density at radius 2 is 2.24 bits per heavy atom. The largest absolute Gasteiger partial charge is 0.357 e. The molecule has 1 amide bonds. The Balaban J connectivity index is 2.74. The summed E-state index contributed by atoms with van der Waals surface area (Å²) in [4.78, 5) is 21.8. The van der Waals surface area contributed by atoms with Crippen LogP contribution >= 0.6 is 0 Å². The molecule has 1 aromatic heterocycles. The van der Waals surface area contributed by atoms with Crippen LogP contribution in [0, 0.1) is 0 Å². The second-order valence-electron chi connectivity index (χ2n) is 3.46. The molecule has 2 N–H and O–H groups in total. The average Bonchev–Trinajstić information content (AvgIpc) is 2.36. The predicted molar refractivity (Wildman–Crippen MR) is 68.1 cm³/mol. The molecule has 0 spiro atoms. The highest BCUT2D eigenvalue weighted by molar-refractivity contribution is 5.80. The standard InChI is InChI=1S/C11H19N5O/c1-4-13-10(17)8-16(5-2)9-6-7-14-11(12-3)15-9/h6-7H,4-5,8H2,1-3H3,(H,13,17)(H,12,14,15). The van der Waals surface area contributed by atoms with Crippen LogP contribution in [0.25, 0.3) is 0 Å². The third-order valence-electron chi connectivity index (χ3n) is 2.28. The van der Waals surface area contributed by atoms with Crippen LogP contribution in [0.15, 0.2) is 12.3 Å². The molecule has 1 rings (SSSR count). The molecule has 0 fully saturated rings. The zero-order chi connectivity index (χ0) is 12.7. The Hall–Kier alpha value is -1.85. The van der Waals surface area contributed by atoms with Crippen molar-refractivity contribution in [1.82, 2.24) is 15.3 Å². The second kappa shape index (κ2) is 6.67. The van der Waals surface area contributed by atoms with Crippen molar-refractivity contribution in [3.63, 3.8) is 0 Å². The summed E-state index contributed by atoms with van der Waals surface area (Å²) in [5, 5.41) is 5.64. The van der Waals surface area contributed by atoms with Gasteiger partial charge in [-0.2, -0.15) is 4.98 Å². The first-order valence-corrected chi connectivity index (χ1v) is 5.73. The van der Waals surface area contributed by atoms with E-state index in [1.807, 2.05) is 18.7 Å². The van der Waals surface area contributed by atoms with Gasteiger partial charge in [0.25, 0.3) is 0 Å². The first-order valence-electron chi connectivity index (χ1n) is 5.73. The highest BCUT2D eigenvalue weighted by Gasteiger charge is 2.10. The van der Waals surface area contributed by atoms with Crippen molar-refractivity contribution in [3.05, 3.63) is 12.3 Å². The van der Waals surface area contributed by atoms with Gasteiger partial charge < -0.3 is 15.5 Å². The second-order valence-corrected chi connectivity index (χ2v) is 3.46. The number of nitrogens with one attached hydrogen (secondary N) is 2. The molecule has 0 unspecified atom stereocenters. The quantitative estimate of drug-likeness (QED) is 0.753. The molecule has 0 aliphatic heterocycles. The number of rotatable bonds is 6. The normalized spacial score (nSPS) is 9.82. The summed E-state index contributed by atoms with van der Waals surface area (Å²) in [5.74, 6) is 1.30. The maximum atomic E-state index is 11.5. The number of amides is 1. The minimum atomic E-state index is -0.000954.